The maximum absolute atomic E-state index is 12.2. The molecule has 0 unspecified atom stereocenters. The summed E-state index contributed by atoms with van der Waals surface area (Å²) in [5.41, 5.74) is 5.02. The van der Waals surface area contributed by atoms with Gasteiger partial charge < -0.3 is 5.32 Å². The highest BCUT2D eigenvalue weighted by molar-refractivity contribution is 7.89. The summed E-state index contributed by atoms with van der Waals surface area (Å²) in [7, 11) is -0.483. The topological polar surface area (TPSA) is 73.8 Å². The molecule has 3 aliphatic carbocycles. The lowest BCUT2D eigenvalue weighted by molar-refractivity contribution is -0.00126. The van der Waals surface area contributed by atoms with Crippen LogP contribution in [0.4, 0.5) is 5.69 Å². The van der Waals surface area contributed by atoms with Crippen LogP contribution in [0.3, 0.4) is 0 Å². The van der Waals surface area contributed by atoms with Gasteiger partial charge in [-0.05, 0) is 66.1 Å². The molecule has 0 spiro atoms. The molecule has 2 N–H and O–H groups in total. The summed E-state index contributed by atoms with van der Waals surface area (Å²) in [4.78, 5) is 0.206. The van der Waals surface area contributed by atoms with Crippen LogP contribution >= 0.6 is 12.2 Å². The van der Waals surface area contributed by atoms with Crippen molar-refractivity contribution in [3.05, 3.63) is 35.9 Å². The first-order valence-corrected chi connectivity index (χ1v) is 10.8. The van der Waals surface area contributed by atoms with Gasteiger partial charge in [-0.2, -0.15) is 5.10 Å². The van der Waals surface area contributed by atoms with Gasteiger partial charge in [-0.25, -0.2) is 12.7 Å². The summed E-state index contributed by atoms with van der Waals surface area (Å²) < 4.78 is 25.6. The minimum Gasteiger partial charge on any atom is -0.331 e. The Morgan fingerprint density at radius 3 is 2.74 bits per heavy atom. The van der Waals surface area contributed by atoms with Crippen LogP contribution in [0.5, 0.6) is 0 Å². The van der Waals surface area contributed by atoms with E-state index in [2.05, 4.69) is 35.8 Å². The van der Waals surface area contributed by atoms with Crippen LogP contribution in [0.2, 0.25) is 0 Å². The van der Waals surface area contributed by atoms with Crippen LogP contribution < -0.4 is 10.7 Å². The molecular weight excluding hydrogens is 380 g/mol. The standard InChI is InChI=1S/C19H26N4O2S2/c1-19(2)14-9-8-13(17(19)10-14)12-20-22-18(26)21-15-6-5-7-16(11-15)27(24,25)23(3)4/h5-8,11-12,14,17H,9-10H2,1-4H3,(H2,21,22,26)/b20-12-/t14-,17-/m1/s1. The van der Waals surface area contributed by atoms with Crippen molar-refractivity contribution in [3.8, 4) is 0 Å². The normalized spacial score (nSPS) is 23.7. The Morgan fingerprint density at radius 2 is 2.11 bits per heavy atom. The lowest BCUT2D eigenvalue weighted by Crippen LogP contribution is -2.48. The Kier molecular flexibility index (Phi) is 5.42. The molecule has 2 atom stereocenters. The molecule has 0 heterocycles. The summed E-state index contributed by atoms with van der Waals surface area (Å²) in [6.07, 6.45) is 6.46. The van der Waals surface area contributed by atoms with Gasteiger partial charge in [0.2, 0.25) is 10.0 Å². The monoisotopic (exact) mass is 406 g/mol. The molecule has 2 bridgehead atoms. The summed E-state index contributed by atoms with van der Waals surface area (Å²) in [5, 5.41) is 7.54. The van der Waals surface area contributed by atoms with E-state index in [1.807, 2.05) is 6.21 Å². The van der Waals surface area contributed by atoms with E-state index in [1.165, 1.54) is 30.4 Å². The van der Waals surface area contributed by atoms with Crippen molar-refractivity contribution >= 4 is 39.3 Å². The lowest BCUT2D eigenvalue weighted by Gasteiger charge is -2.55. The second kappa shape index (κ2) is 7.33. The largest absolute Gasteiger partial charge is 0.331 e. The molecular formula is C19H26N4O2S2. The molecule has 146 valence electrons. The number of anilines is 1. The van der Waals surface area contributed by atoms with Crippen LogP contribution in [0.15, 0.2) is 45.9 Å². The number of hydrogen-bond acceptors (Lipinski definition) is 4. The number of sulfonamides is 1. The van der Waals surface area contributed by atoms with Gasteiger partial charge in [-0.15, -0.1) is 0 Å². The Labute approximate surface area is 166 Å². The lowest BCUT2D eigenvalue weighted by atomic mass is 9.49. The highest BCUT2D eigenvalue weighted by Gasteiger charge is 2.50. The highest BCUT2D eigenvalue weighted by Crippen LogP contribution is 2.58. The van der Waals surface area contributed by atoms with Gasteiger partial charge in [-0.3, -0.25) is 5.43 Å². The SMILES string of the molecule is CN(C)S(=O)(=O)c1cccc(NC(=S)N/N=C\C2=CC[C@@H]3C[C@H]2C3(C)C)c1. The number of benzene rings is 1. The first-order chi connectivity index (χ1) is 12.6. The molecule has 0 amide bonds. The number of nitrogens with zero attached hydrogens (tertiary/aromatic N) is 2. The van der Waals surface area contributed by atoms with Gasteiger partial charge in [0.15, 0.2) is 5.11 Å². The second-order valence-corrected chi connectivity index (χ2v) is 10.4. The fourth-order valence-electron chi connectivity index (χ4n) is 3.81. The van der Waals surface area contributed by atoms with Crippen LogP contribution in [-0.2, 0) is 10.0 Å². The molecule has 0 radical (unpaired) electrons. The third-order valence-corrected chi connectivity index (χ3v) is 7.77. The molecule has 1 aromatic carbocycles. The zero-order chi connectivity index (χ0) is 19.8. The van der Waals surface area contributed by atoms with Crippen molar-refractivity contribution in [1.29, 1.82) is 0 Å². The fraction of sp³-hybridized carbons (Fsp3) is 0.474. The molecule has 27 heavy (non-hydrogen) atoms. The van der Waals surface area contributed by atoms with E-state index >= 15 is 0 Å². The Balaban J connectivity index is 1.60. The van der Waals surface area contributed by atoms with Gasteiger partial charge in [0, 0.05) is 19.8 Å². The number of fused-ring (bicyclic) bond motifs is 1. The van der Waals surface area contributed by atoms with E-state index < -0.39 is 10.0 Å². The van der Waals surface area contributed by atoms with Crippen molar-refractivity contribution < 1.29 is 8.42 Å². The summed E-state index contributed by atoms with van der Waals surface area (Å²) in [6, 6.07) is 6.53. The van der Waals surface area contributed by atoms with Crippen molar-refractivity contribution in [2.45, 2.75) is 31.6 Å². The number of rotatable bonds is 5. The van der Waals surface area contributed by atoms with E-state index in [0.717, 1.165) is 12.3 Å². The Hall–Kier alpha value is -1.77. The van der Waals surface area contributed by atoms with Gasteiger partial charge in [0.25, 0.3) is 0 Å². The van der Waals surface area contributed by atoms with Gasteiger partial charge in [-0.1, -0.05) is 26.0 Å². The molecule has 8 heteroatoms. The average Bonchev–Trinajstić information content (AvgIpc) is 2.61. The third kappa shape index (κ3) is 3.93. The van der Waals surface area contributed by atoms with Crippen LogP contribution in [0.1, 0.15) is 26.7 Å². The van der Waals surface area contributed by atoms with E-state index in [1.54, 1.807) is 24.3 Å². The quantitative estimate of drug-likeness (QED) is 0.446. The minimum atomic E-state index is -3.49. The van der Waals surface area contributed by atoms with Gasteiger partial charge in [0.1, 0.15) is 0 Å². The molecule has 0 saturated heterocycles. The van der Waals surface area contributed by atoms with E-state index in [9.17, 15) is 8.42 Å². The van der Waals surface area contributed by atoms with E-state index in [-0.39, 0.29) is 4.90 Å². The molecule has 1 saturated carbocycles. The van der Waals surface area contributed by atoms with Crippen LogP contribution in [-0.4, -0.2) is 38.1 Å². The van der Waals surface area contributed by atoms with Crippen molar-refractivity contribution in [1.82, 2.24) is 9.73 Å². The molecule has 1 aromatic rings. The minimum absolute atomic E-state index is 0.206. The molecule has 1 fully saturated rings. The van der Waals surface area contributed by atoms with E-state index in [4.69, 9.17) is 12.2 Å². The highest BCUT2D eigenvalue weighted by atomic mass is 32.2. The summed E-state index contributed by atoms with van der Waals surface area (Å²) >= 11 is 5.26. The maximum atomic E-state index is 12.2. The van der Waals surface area contributed by atoms with Crippen molar-refractivity contribution in [2.24, 2.45) is 22.4 Å². The van der Waals surface area contributed by atoms with Crippen molar-refractivity contribution in [3.63, 3.8) is 0 Å². The predicted octanol–water partition coefficient (Wildman–Crippen LogP) is 3.20. The first kappa shape index (κ1) is 20.0. The zero-order valence-electron chi connectivity index (χ0n) is 16.1. The van der Waals surface area contributed by atoms with Crippen molar-refractivity contribution in [2.75, 3.05) is 19.4 Å². The second-order valence-electron chi connectivity index (χ2n) is 7.89. The Morgan fingerprint density at radius 1 is 1.37 bits per heavy atom. The zero-order valence-corrected chi connectivity index (χ0v) is 17.7. The Bertz CT molecular complexity index is 904. The first-order valence-electron chi connectivity index (χ1n) is 8.95. The molecule has 0 aliphatic heterocycles. The van der Waals surface area contributed by atoms with Gasteiger partial charge in [0.05, 0.1) is 11.1 Å². The number of thiocarbonyl (C=S) groups is 1. The van der Waals surface area contributed by atoms with E-state index in [0.29, 0.717) is 22.1 Å². The van der Waals surface area contributed by atoms with Crippen LogP contribution in [0.25, 0.3) is 0 Å². The summed E-state index contributed by atoms with van der Waals surface area (Å²) in [5.74, 6) is 1.36. The number of allylic oxidation sites excluding steroid dienone is 2. The smallest absolute Gasteiger partial charge is 0.242 e. The molecule has 4 rings (SSSR count). The van der Waals surface area contributed by atoms with Gasteiger partial charge >= 0.3 is 0 Å². The average molecular weight is 407 g/mol. The number of hydrazone groups is 1. The predicted molar refractivity (Wildman–Crippen MR) is 113 cm³/mol. The number of nitrogens with one attached hydrogen (secondary N) is 2. The molecule has 6 nitrogen and oxygen atoms in total. The maximum Gasteiger partial charge on any atom is 0.242 e. The van der Waals surface area contributed by atoms with Crippen LogP contribution in [0, 0.1) is 17.3 Å². The summed E-state index contributed by atoms with van der Waals surface area (Å²) in [6.45, 7) is 4.64. The molecule has 3 aliphatic rings. The number of hydrogen-bond donors (Lipinski definition) is 2. The fourth-order valence-corrected chi connectivity index (χ4v) is 4.93. The third-order valence-electron chi connectivity index (χ3n) is 5.76. The molecule has 0 aromatic heterocycles.